The summed E-state index contributed by atoms with van der Waals surface area (Å²) in [6.07, 6.45) is 15.8. The highest BCUT2D eigenvalue weighted by Crippen LogP contribution is 2.29. The quantitative estimate of drug-likeness (QED) is 0.307. The number of carbonyl (C=O) groups excluding carboxylic acids is 1. The highest BCUT2D eigenvalue weighted by molar-refractivity contribution is 6.33. The molecule has 11 nitrogen and oxygen atoms in total. The summed E-state index contributed by atoms with van der Waals surface area (Å²) in [6.45, 7) is 7.82. The van der Waals surface area contributed by atoms with Gasteiger partial charge in [-0.05, 0) is 38.7 Å². The predicted molar refractivity (Wildman–Crippen MR) is 158 cm³/mol. The first kappa shape index (κ1) is 27.6. The topological polar surface area (TPSA) is 108 Å². The van der Waals surface area contributed by atoms with Crippen molar-refractivity contribution < 1.29 is 4.79 Å². The van der Waals surface area contributed by atoms with Gasteiger partial charge < -0.3 is 20.0 Å². The van der Waals surface area contributed by atoms with Gasteiger partial charge in [0.2, 0.25) is 11.9 Å². The molecule has 5 rings (SSSR count). The van der Waals surface area contributed by atoms with E-state index in [1.54, 1.807) is 37.2 Å². The number of carbonyl (C=O) groups is 1. The molecule has 0 aliphatic carbocycles. The van der Waals surface area contributed by atoms with Gasteiger partial charge in [0.1, 0.15) is 11.5 Å². The Kier molecular flexibility index (Phi) is 8.59. The molecular weight excluding hydrogens is 528 g/mol. The van der Waals surface area contributed by atoms with Gasteiger partial charge in [0, 0.05) is 82.5 Å². The van der Waals surface area contributed by atoms with Crippen molar-refractivity contribution in [1.82, 2.24) is 34.2 Å². The molecule has 0 bridgehead atoms. The van der Waals surface area contributed by atoms with Crippen LogP contribution in [0.25, 0.3) is 16.9 Å². The average Bonchev–Trinajstić information content (AvgIpc) is 3.35. The van der Waals surface area contributed by atoms with Gasteiger partial charge in [-0.2, -0.15) is 0 Å². The Hall–Kier alpha value is -3.99. The third-order valence-electron chi connectivity index (χ3n) is 7.27. The summed E-state index contributed by atoms with van der Waals surface area (Å²) in [5.74, 6) is 1.43. The maximum absolute atomic E-state index is 13.3. The maximum atomic E-state index is 13.3. The van der Waals surface area contributed by atoms with E-state index in [0.29, 0.717) is 41.8 Å². The Balaban J connectivity index is 1.29. The fourth-order valence-corrected chi connectivity index (χ4v) is 5.45. The van der Waals surface area contributed by atoms with Gasteiger partial charge in [-0.3, -0.25) is 19.2 Å². The number of imidazole rings is 1. The molecule has 4 aromatic rings. The number of piperidine rings is 1. The van der Waals surface area contributed by atoms with E-state index in [9.17, 15) is 4.79 Å². The van der Waals surface area contributed by atoms with Gasteiger partial charge in [-0.15, -0.1) is 0 Å². The zero-order chi connectivity index (χ0) is 28.1. The first-order valence-electron chi connectivity index (χ1n) is 13.7. The van der Waals surface area contributed by atoms with Crippen LogP contribution in [0.1, 0.15) is 31.7 Å². The summed E-state index contributed by atoms with van der Waals surface area (Å²) in [5, 5.41) is 3.94. The summed E-state index contributed by atoms with van der Waals surface area (Å²) in [6, 6.07) is 0. The fraction of sp³-hybridized carbons (Fsp3) is 0.429. The zero-order valence-corrected chi connectivity index (χ0v) is 24.0. The second-order valence-electron chi connectivity index (χ2n) is 9.97. The van der Waals surface area contributed by atoms with Crippen LogP contribution >= 0.6 is 11.6 Å². The molecular formula is C28H35ClN10O. The Bertz CT molecular complexity index is 1430. The van der Waals surface area contributed by atoms with Crippen LogP contribution in [0.2, 0.25) is 5.02 Å². The van der Waals surface area contributed by atoms with E-state index in [-0.39, 0.29) is 12.5 Å². The molecule has 1 saturated heterocycles. The molecule has 1 amide bonds. The first-order chi connectivity index (χ1) is 19.5. The lowest BCUT2D eigenvalue weighted by Crippen LogP contribution is -2.40. The lowest BCUT2D eigenvalue weighted by molar-refractivity contribution is -0.129. The molecule has 1 fully saturated rings. The number of pyridine rings is 1. The van der Waals surface area contributed by atoms with Crippen molar-refractivity contribution in [1.29, 1.82) is 0 Å². The second-order valence-corrected chi connectivity index (χ2v) is 10.4. The van der Waals surface area contributed by atoms with E-state index in [4.69, 9.17) is 16.6 Å². The van der Waals surface area contributed by atoms with Crippen molar-refractivity contribution in [3.8, 4) is 11.3 Å². The molecule has 1 aliphatic rings. The van der Waals surface area contributed by atoms with Crippen LogP contribution in [-0.4, -0.2) is 86.4 Å². The highest BCUT2D eigenvalue weighted by atomic mass is 35.5. The monoisotopic (exact) mass is 562 g/mol. The van der Waals surface area contributed by atoms with Crippen molar-refractivity contribution in [3.63, 3.8) is 0 Å². The van der Waals surface area contributed by atoms with Crippen LogP contribution in [0.3, 0.4) is 0 Å². The number of nitrogens with zero attached hydrogens (tertiary/aromatic N) is 9. The van der Waals surface area contributed by atoms with Crippen molar-refractivity contribution in [2.24, 2.45) is 0 Å². The van der Waals surface area contributed by atoms with Gasteiger partial charge in [0.25, 0.3) is 0 Å². The van der Waals surface area contributed by atoms with E-state index < -0.39 is 0 Å². The molecule has 210 valence electrons. The Morgan fingerprint density at radius 1 is 1.05 bits per heavy atom. The van der Waals surface area contributed by atoms with E-state index in [2.05, 4.69) is 35.1 Å². The van der Waals surface area contributed by atoms with E-state index >= 15 is 0 Å². The average molecular weight is 563 g/mol. The number of nitrogens with one attached hydrogen (secondary N) is 1. The van der Waals surface area contributed by atoms with Crippen molar-refractivity contribution in [2.45, 2.75) is 33.1 Å². The number of likely N-dealkylation sites (N-methyl/N-ethyl adjacent to an activating group) is 2. The smallest absolute Gasteiger partial charge is 0.241 e. The number of rotatable bonds is 10. The van der Waals surface area contributed by atoms with Gasteiger partial charge in [-0.25, -0.2) is 15.0 Å². The number of anilines is 3. The molecule has 5 heterocycles. The first-order valence-corrected chi connectivity index (χ1v) is 14.1. The number of hydrogen-bond acceptors (Lipinski definition) is 9. The normalized spacial score (nSPS) is 13.4. The molecule has 1 aliphatic heterocycles. The van der Waals surface area contributed by atoms with Crippen LogP contribution in [0.15, 0.2) is 43.4 Å². The lowest BCUT2D eigenvalue weighted by atomic mass is 10.1. The van der Waals surface area contributed by atoms with Gasteiger partial charge in [0.15, 0.2) is 5.65 Å². The Labute approximate surface area is 239 Å². The standard InChI is InChI=1S/C28H35ClN10O/c1-4-37(13-12-36(3)26-20(2)14-31-17-22(26)29)24(40)19-32-27-25(35-23-18-30-8-11-39(23)27)21-15-33-28(34-16-21)38-9-6-5-7-10-38/h8,11,14-18,32H,4-7,9-10,12-13,19H2,1-3H3. The van der Waals surface area contributed by atoms with Crippen molar-refractivity contribution in [3.05, 3.63) is 54.0 Å². The number of aryl methyl sites for hydroxylation is 1. The third-order valence-corrected chi connectivity index (χ3v) is 7.54. The fourth-order valence-electron chi connectivity index (χ4n) is 5.10. The van der Waals surface area contributed by atoms with Gasteiger partial charge in [0.05, 0.1) is 23.5 Å². The molecule has 0 saturated carbocycles. The van der Waals surface area contributed by atoms with Crippen molar-refractivity contribution in [2.75, 3.05) is 61.4 Å². The van der Waals surface area contributed by atoms with E-state index in [1.807, 2.05) is 36.4 Å². The molecule has 0 unspecified atom stereocenters. The summed E-state index contributed by atoms with van der Waals surface area (Å²) < 4.78 is 1.90. The van der Waals surface area contributed by atoms with Crippen LogP contribution < -0.4 is 15.1 Å². The Morgan fingerprint density at radius 2 is 1.82 bits per heavy atom. The van der Waals surface area contributed by atoms with Crippen molar-refractivity contribution >= 4 is 40.6 Å². The molecule has 12 heteroatoms. The number of amides is 1. The SMILES string of the molecule is CCN(CCN(C)c1c(C)cncc1Cl)C(=O)CNc1c(-c2cnc(N3CCCCC3)nc2)nc2cnccn12. The Morgan fingerprint density at radius 3 is 2.55 bits per heavy atom. The minimum Gasteiger partial charge on any atom is -0.371 e. The lowest BCUT2D eigenvalue weighted by Gasteiger charge is -2.27. The molecule has 40 heavy (non-hydrogen) atoms. The number of hydrogen-bond donors (Lipinski definition) is 1. The van der Waals surface area contributed by atoms with Crippen LogP contribution in [0.5, 0.6) is 0 Å². The number of halogens is 1. The van der Waals surface area contributed by atoms with Crippen LogP contribution in [0.4, 0.5) is 17.5 Å². The van der Waals surface area contributed by atoms with Gasteiger partial charge >= 0.3 is 0 Å². The maximum Gasteiger partial charge on any atom is 0.241 e. The van der Waals surface area contributed by atoms with Crippen LogP contribution in [-0.2, 0) is 4.79 Å². The van der Waals surface area contributed by atoms with Crippen LogP contribution in [0, 0.1) is 6.92 Å². The predicted octanol–water partition coefficient (Wildman–Crippen LogP) is 3.93. The molecule has 0 spiro atoms. The van der Waals surface area contributed by atoms with E-state index in [1.165, 1.54) is 6.42 Å². The summed E-state index contributed by atoms with van der Waals surface area (Å²) >= 11 is 6.39. The summed E-state index contributed by atoms with van der Waals surface area (Å²) in [4.78, 5) is 41.8. The summed E-state index contributed by atoms with van der Waals surface area (Å²) in [7, 11) is 1.97. The molecule has 0 atom stereocenters. The van der Waals surface area contributed by atoms with E-state index in [0.717, 1.165) is 48.7 Å². The zero-order valence-electron chi connectivity index (χ0n) is 23.2. The second kappa shape index (κ2) is 12.5. The number of fused-ring (bicyclic) bond motifs is 1. The van der Waals surface area contributed by atoms with Gasteiger partial charge in [-0.1, -0.05) is 11.6 Å². The molecule has 1 N–H and O–H groups in total. The summed E-state index contributed by atoms with van der Waals surface area (Å²) in [5.41, 5.74) is 4.05. The molecule has 0 aromatic carbocycles. The molecule has 4 aromatic heterocycles. The molecule has 0 radical (unpaired) electrons. The largest absolute Gasteiger partial charge is 0.371 e. The minimum absolute atomic E-state index is 0.0138. The highest BCUT2D eigenvalue weighted by Gasteiger charge is 2.20. The number of aromatic nitrogens is 6. The minimum atomic E-state index is -0.0138. The third kappa shape index (κ3) is 5.94.